The number of hydrogen-bond donors (Lipinski definition) is 1. The molecule has 0 aliphatic carbocycles. The highest BCUT2D eigenvalue weighted by Gasteiger charge is 2.22. The van der Waals surface area contributed by atoms with E-state index in [0.717, 1.165) is 22.4 Å². The van der Waals surface area contributed by atoms with Crippen LogP contribution in [0.15, 0.2) is 30.3 Å². The van der Waals surface area contributed by atoms with Crippen molar-refractivity contribution in [1.29, 1.82) is 0 Å². The van der Waals surface area contributed by atoms with E-state index in [-0.39, 0.29) is 5.56 Å². The van der Waals surface area contributed by atoms with Gasteiger partial charge in [0.2, 0.25) is 0 Å². The minimum Gasteiger partial charge on any atom is -0.496 e. The first-order valence-electron chi connectivity index (χ1n) is 8.16. The highest BCUT2D eigenvalue weighted by molar-refractivity contribution is 6.31. The summed E-state index contributed by atoms with van der Waals surface area (Å²) in [6.07, 6.45) is -0.980. The number of aryl methyl sites for hydroxylation is 3. The predicted molar refractivity (Wildman–Crippen MR) is 102 cm³/mol. The van der Waals surface area contributed by atoms with E-state index < -0.39 is 18.0 Å². The van der Waals surface area contributed by atoms with Gasteiger partial charge >= 0.3 is 5.97 Å². The van der Waals surface area contributed by atoms with Crippen LogP contribution in [0.2, 0.25) is 5.02 Å². The van der Waals surface area contributed by atoms with Crippen LogP contribution in [0.25, 0.3) is 0 Å². The third-order valence-electron chi connectivity index (χ3n) is 3.96. The van der Waals surface area contributed by atoms with Gasteiger partial charge in [-0.05, 0) is 57.0 Å². The molecule has 0 fully saturated rings. The Hall–Kier alpha value is -2.53. The Labute approximate surface area is 158 Å². The molecule has 0 saturated carbocycles. The van der Waals surface area contributed by atoms with Gasteiger partial charge in [-0.15, -0.1) is 0 Å². The number of nitrogens with one attached hydrogen (secondary N) is 1. The molecule has 6 heteroatoms. The summed E-state index contributed by atoms with van der Waals surface area (Å²) in [6.45, 7) is 7.35. The minimum absolute atomic E-state index is 0.169. The maximum atomic E-state index is 12.4. The zero-order chi connectivity index (χ0) is 19.4. The Kier molecular flexibility index (Phi) is 6.27. The van der Waals surface area contributed by atoms with Gasteiger partial charge in [-0.2, -0.15) is 0 Å². The van der Waals surface area contributed by atoms with Crippen molar-refractivity contribution < 1.29 is 19.1 Å². The highest BCUT2D eigenvalue weighted by atomic mass is 35.5. The molecule has 0 saturated heterocycles. The Balaban J connectivity index is 2.12. The average molecular weight is 376 g/mol. The molecule has 0 aliphatic rings. The van der Waals surface area contributed by atoms with Crippen molar-refractivity contribution >= 4 is 29.2 Å². The van der Waals surface area contributed by atoms with Crippen molar-refractivity contribution in [1.82, 2.24) is 0 Å². The molecule has 0 bridgehead atoms. The predicted octanol–water partition coefficient (Wildman–Crippen LogP) is 4.46. The lowest BCUT2D eigenvalue weighted by Crippen LogP contribution is -2.30. The third kappa shape index (κ3) is 4.55. The second kappa shape index (κ2) is 8.23. The van der Waals surface area contributed by atoms with Crippen LogP contribution in [0.3, 0.4) is 0 Å². The molecule has 0 spiro atoms. The van der Waals surface area contributed by atoms with Gasteiger partial charge in [0.15, 0.2) is 6.10 Å². The lowest BCUT2D eigenvalue weighted by molar-refractivity contribution is -0.123. The van der Waals surface area contributed by atoms with Crippen LogP contribution in [0, 0.1) is 20.8 Å². The molecule has 0 radical (unpaired) electrons. The smallest absolute Gasteiger partial charge is 0.342 e. The molecule has 0 aliphatic heterocycles. The maximum Gasteiger partial charge on any atom is 0.342 e. The number of esters is 1. The summed E-state index contributed by atoms with van der Waals surface area (Å²) in [5, 5.41) is 3.20. The van der Waals surface area contributed by atoms with Crippen LogP contribution in [-0.4, -0.2) is 25.1 Å². The summed E-state index contributed by atoms with van der Waals surface area (Å²) in [6, 6.07) is 8.59. The number of amides is 1. The summed E-state index contributed by atoms with van der Waals surface area (Å²) >= 11 is 5.93. The third-order valence-corrected chi connectivity index (χ3v) is 4.19. The second-order valence-corrected chi connectivity index (χ2v) is 6.59. The van der Waals surface area contributed by atoms with E-state index in [2.05, 4.69) is 5.32 Å². The topological polar surface area (TPSA) is 64.6 Å². The van der Waals surface area contributed by atoms with Crippen molar-refractivity contribution in [3.63, 3.8) is 0 Å². The number of hydrogen-bond acceptors (Lipinski definition) is 4. The van der Waals surface area contributed by atoms with Gasteiger partial charge in [0.05, 0.1) is 7.11 Å². The minimum atomic E-state index is -0.980. The van der Waals surface area contributed by atoms with Crippen LogP contribution in [0.5, 0.6) is 5.75 Å². The van der Waals surface area contributed by atoms with Crippen LogP contribution >= 0.6 is 11.6 Å². The number of rotatable bonds is 5. The molecule has 26 heavy (non-hydrogen) atoms. The molecule has 1 N–H and O–H groups in total. The van der Waals surface area contributed by atoms with Gasteiger partial charge in [0.25, 0.3) is 5.91 Å². The fraction of sp³-hybridized carbons (Fsp3) is 0.300. The SMILES string of the molecule is COc1ccc(Cl)cc1C(=O)O[C@@H](C)C(=O)Nc1c(C)cc(C)cc1C. The fourth-order valence-electron chi connectivity index (χ4n) is 2.72. The van der Waals surface area contributed by atoms with E-state index in [1.807, 2.05) is 32.9 Å². The first-order valence-corrected chi connectivity index (χ1v) is 8.54. The highest BCUT2D eigenvalue weighted by Crippen LogP contribution is 2.25. The molecule has 138 valence electrons. The van der Waals surface area contributed by atoms with E-state index in [0.29, 0.717) is 10.8 Å². The van der Waals surface area contributed by atoms with Crippen LogP contribution < -0.4 is 10.1 Å². The van der Waals surface area contributed by atoms with E-state index in [1.165, 1.54) is 20.1 Å². The second-order valence-electron chi connectivity index (χ2n) is 6.16. The van der Waals surface area contributed by atoms with Gasteiger partial charge in [0, 0.05) is 10.7 Å². The number of carbonyl (C=O) groups is 2. The van der Waals surface area contributed by atoms with Crippen molar-refractivity contribution in [3.8, 4) is 5.75 Å². The lowest BCUT2D eigenvalue weighted by Gasteiger charge is -2.17. The van der Waals surface area contributed by atoms with Crippen LogP contribution in [0.1, 0.15) is 34.0 Å². The number of ether oxygens (including phenoxy) is 2. The molecule has 0 unspecified atom stereocenters. The Morgan fingerprint density at radius 2 is 1.69 bits per heavy atom. The first-order chi connectivity index (χ1) is 12.2. The van der Waals surface area contributed by atoms with Crippen molar-refractivity contribution in [2.45, 2.75) is 33.8 Å². The number of carbonyl (C=O) groups excluding carboxylic acids is 2. The zero-order valence-electron chi connectivity index (χ0n) is 15.5. The molecule has 0 heterocycles. The van der Waals surface area contributed by atoms with Crippen LogP contribution in [0.4, 0.5) is 5.69 Å². The van der Waals surface area contributed by atoms with E-state index in [4.69, 9.17) is 21.1 Å². The number of halogens is 1. The lowest BCUT2D eigenvalue weighted by atomic mass is 10.0. The average Bonchev–Trinajstić information content (AvgIpc) is 2.57. The van der Waals surface area contributed by atoms with E-state index >= 15 is 0 Å². The Bertz CT molecular complexity index is 825. The van der Waals surface area contributed by atoms with Crippen molar-refractivity contribution in [2.24, 2.45) is 0 Å². The maximum absolute atomic E-state index is 12.4. The number of anilines is 1. The van der Waals surface area contributed by atoms with Crippen molar-refractivity contribution in [2.75, 3.05) is 12.4 Å². The quantitative estimate of drug-likeness (QED) is 0.784. The molecular formula is C20H22ClNO4. The number of methoxy groups -OCH3 is 1. The summed E-state index contributed by atoms with van der Waals surface area (Å²) in [4.78, 5) is 24.8. The van der Waals surface area contributed by atoms with Gasteiger partial charge in [-0.25, -0.2) is 4.79 Å². The number of benzene rings is 2. The molecule has 2 aromatic carbocycles. The molecule has 2 aromatic rings. The Morgan fingerprint density at radius 1 is 1.08 bits per heavy atom. The molecule has 1 atom stereocenters. The van der Waals surface area contributed by atoms with Crippen molar-refractivity contribution in [3.05, 3.63) is 57.6 Å². The summed E-state index contributed by atoms with van der Waals surface area (Å²) < 4.78 is 10.4. The normalized spacial score (nSPS) is 11.6. The van der Waals surface area contributed by atoms with Gasteiger partial charge in [-0.1, -0.05) is 29.3 Å². The van der Waals surface area contributed by atoms with Gasteiger partial charge in [0.1, 0.15) is 11.3 Å². The molecule has 1 amide bonds. The summed E-state index contributed by atoms with van der Waals surface area (Å²) in [7, 11) is 1.44. The standard InChI is InChI=1S/C20H22ClNO4/c1-11-8-12(2)18(13(3)9-11)22-19(23)14(4)26-20(24)16-10-15(21)6-7-17(16)25-5/h6-10,14H,1-5H3,(H,22,23)/t14-/m0/s1. The first kappa shape index (κ1) is 19.8. The summed E-state index contributed by atoms with van der Waals surface area (Å²) in [5.41, 5.74) is 3.91. The zero-order valence-corrected chi connectivity index (χ0v) is 16.2. The van der Waals surface area contributed by atoms with E-state index in [1.54, 1.807) is 12.1 Å². The molecular weight excluding hydrogens is 354 g/mol. The van der Waals surface area contributed by atoms with Gasteiger partial charge < -0.3 is 14.8 Å². The van der Waals surface area contributed by atoms with Gasteiger partial charge in [-0.3, -0.25) is 4.79 Å². The molecule has 0 aromatic heterocycles. The summed E-state index contributed by atoms with van der Waals surface area (Å²) in [5.74, 6) is -0.754. The monoisotopic (exact) mass is 375 g/mol. The van der Waals surface area contributed by atoms with Crippen LogP contribution in [-0.2, 0) is 9.53 Å². The Morgan fingerprint density at radius 3 is 2.27 bits per heavy atom. The fourth-order valence-corrected chi connectivity index (χ4v) is 2.89. The molecule has 5 nitrogen and oxygen atoms in total. The van der Waals surface area contributed by atoms with E-state index in [9.17, 15) is 9.59 Å². The largest absolute Gasteiger partial charge is 0.496 e. The molecule has 2 rings (SSSR count).